The molecule has 0 saturated carbocycles. The monoisotopic (exact) mass is 478 g/mol. The van der Waals surface area contributed by atoms with Gasteiger partial charge in [0.2, 0.25) is 0 Å². The van der Waals surface area contributed by atoms with Gasteiger partial charge in [-0.2, -0.15) is 0 Å². The number of ether oxygens (including phenoxy) is 1. The highest BCUT2D eigenvalue weighted by Gasteiger charge is 2.23. The van der Waals surface area contributed by atoms with Crippen LogP contribution < -0.4 is 4.74 Å². The molecule has 31 heavy (non-hydrogen) atoms. The summed E-state index contributed by atoms with van der Waals surface area (Å²) in [5.74, 6) is -0.163. The highest BCUT2D eigenvalue weighted by atomic mass is 35.5. The lowest BCUT2D eigenvalue weighted by atomic mass is 10.2. The summed E-state index contributed by atoms with van der Waals surface area (Å²) in [7, 11) is 0. The third-order valence-corrected chi connectivity index (χ3v) is 6.85. The predicted molar refractivity (Wildman–Crippen MR) is 123 cm³/mol. The van der Waals surface area contributed by atoms with Crippen LogP contribution in [0.1, 0.15) is 20.8 Å². The lowest BCUT2D eigenvalue weighted by Crippen LogP contribution is -2.48. The van der Waals surface area contributed by atoms with E-state index < -0.39 is 5.82 Å². The average Bonchev–Trinajstić information content (AvgIpc) is 3.25. The molecule has 0 atom stereocenters. The molecule has 4 rings (SSSR count). The van der Waals surface area contributed by atoms with Crippen LogP contribution in [0, 0.1) is 5.82 Å². The van der Waals surface area contributed by atoms with E-state index in [-0.39, 0.29) is 18.3 Å². The molecule has 1 fully saturated rings. The van der Waals surface area contributed by atoms with Crippen molar-refractivity contribution in [1.29, 1.82) is 0 Å². The molecule has 3 aromatic rings. The standard InChI is InChI=1S/C23H21Cl2FN2O2S/c24-18-6-5-16(11-19(18)25)13-27-7-9-28(10-8-27)23(29)22-12-17(15-31-22)14-30-21-4-2-1-3-20(21)26/h1-6,11-12,15H,7-10,13-14H2. The van der Waals surface area contributed by atoms with E-state index in [9.17, 15) is 9.18 Å². The van der Waals surface area contributed by atoms with Crippen molar-refractivity contribution in [3.8, 4) is 5.75 Å². The molecule has 0 spiro atoms. The second kappa shape index (κ2) is 10.0. The van der Waals surface area contributed by atoms with Crippen molar-refractivity contribution in [3.05, 3.63) is 85.8 Å². The SMILES string of the molecule is O=C(c1cc(COc2ccccc2F)cs1)N1CCN(Cc2ccc(Cl)c(Cl)c2)CC1. The van der Waals surface area contributed by atoms with Gasteiger partial charge in [-0.15, -0.1) is 11.3 Å². The van der Waals surface area contributed by atoms with E-state index in [1.165, 1.54) is 17.4 Å². The van der Waals surface area contributed by atoms with E-state index in [0.717, 1.165) is 30.8 Å². The number of hydrogen-bond acceptors (Lipinski definition) is 4. The van der Waals surface area contributed by atoms with Crippen molar-refractivity contribution >= 4 is 40.4 Å². The van der Waals surface area contributed by atoms with Gasteiger partial charge in [-0.05, 0) is 41.3 Å². The summed E-state index contributed by atoms with van der Waals surface area (Å²) in [6, 6.07) is 13.8. The maximum Gasteiger partial charge on any atom is 0.264 e. The van der Waals surface area contributed by atoms with Gasteiger partial charge in [0.15, 0.2) is 11.6 Å². The van der Waals surface area contributed by atoms with E-state index in [4.69, 9.17) is 27.9 Å². The van der Waals surface area contributed by atoms with Gasteiger partial charge in [0.25, 0.3) is 5.91 Å². The normalized spacial score (nSPS) is 14.6. The summed E-state index contributed by atoms with van der Waals surface area (Å²) < 4.78 is 19.2. The maximum absolute atomic E-state index is 13.7. The number of carbonyl (C=O) groups excluding carboxylic acids is 1. The van der Waals surface area contributed by atoms with Gasteiger partial charge in [0.1, 0.15) is 6.61 Å². The number of piperazine rings is 1. The Morgan fingerprint density at radius 3 is 2.52 bits per heavy atom. The summed E-state index contributed by atoms with van der Waals surface area (Å²) in [6.45, 7) is 3.91. The van der Waals surface area contributed by atoms with Gasteiger partial charge < -0.3 is 9.64 Å². The first-order valence-corrected chi connectivity index (χ1v) is 11.5. The largest absolute Gasteiger partial charge is 0.486 e. The number of amides is 1. The molecule has 0 unspecified atom stereocenters. The van der Waals surface area contributed by atoms with Gasteiger partial charge in [-0.3, -0.25) is 9.69 Å². The van der Waals surface area contributed by atoms with Crippen molar-refractivity contribution in [2.45, 2.75) is 13.2 Å². The highest BCUT2D eigenvalue weighted by molar-refractivity contribution is 7.12. The molecule has 0 N–H and O–H groups in total. The number of halogens is 3. The van der Waals surface area contributed by atoms with Crippen molar-refractivity contribution in [1.82, 2.24) is 9.80 Å². The second-order valence-electron chi connectivity index (χ2n) is 7.36. The Kier molecular flexibility index (Phi) is 7.13. The number of carbonyl (C=O) groups is 1. The molecule has 1 aliphatic rings. The zero-order chi connectivity index (χ0) is 21.8. The Morgan fingerprint density at radius 1 is 1.00 bits per heavy atom. The fraction of sp³-hybridized carbons (Fsp3) is 0.261. The smallest absolute Gasteiger partial charge is 0.264 e. The molecule has 2 aromatic carbocycles. The molecule has 0 bridgehead atoms. The third kappa shape index (κ3) is 5.57. The summed E-state index contributed by atoms with van der Waals surface area (Å²) in [5.41, 5.74) is 1.96. The van der Waals surface area contributed by atoms with Crippen LogP contribution in [0.5, 0.6) is 5.75 Å². The van der Waals surface area contributed by atoms with Gasteiger partial charge in [0.05, 0.1) is 14.9 Å². The number of benzene rings is 2. The zero-order valence-electron chi connectivity index (χ0n) is 16.7. The van der Waals surface area contributed by atoms with E-state index in [1.54, 1.807) is 18.2 Å². The van der Waals surface area contributed by atoms with Gasteiger partial charge in [-0.1, -0.05) is 41.4 Å². The first-order chi connectivity index (χ1) is 15.0. The molecule has 1 aliphatic heterocycles. The quantitative estimate of drug-likeness (QED) is 0.453. The number of thiophene rings is 1. The van der Waals surface area contributed by atoms with E-state index >= 15 is 0 Å². The van der Waals surface area contributed by atoms with Crippen molar-refractivity contribution in [3.63, 3.8) is 0 Å². The van der Waals surface area contributed by atoms with Crippen LogP contribution in [-0.2, 0) is 13.2 Å². The minimum atomic E-state index is -0.396. The van der Waals surface area contributed by atoms with Crippen LogP contribution in [0.25, 0.3) is 0 Å². The maximum atomic E-state index is 13.7. The molecular weight excluding hydrogens is 458 g/mol. The van der Waals surface area contributed by atoms with Crippen molar-refractivity contribution in [2.24, 2.45) is 0 Å². The third-order valence-electron chi connectivity index (χ3n) is 5.15. The van der Waals surface area contributed by atoms with Crippen molar-refractivity contribution < 1.29 is 13.9 Å². The Balaban J connectivity index is 1.28. The lowest BCUT2D eigenvalue weighted by molar-refractivity contribution is 0.0633. The van der Waals surface area contributed by atoms with Crippen LogP contribution in [0.3, 0.4) is 0 Å². The molecule has 1 amide bonds. The summed E-state index contributed by atoms with van der Waals surface area (Å²) in [4.78, 5) is 17.7. The Labute approximate surface area is 194 Å². The lowest BCUT2D eigenvalue weighted by Gasteiger charge is -2.34. The highest BCUT2D eigenvalue weighted by Crippen LogP contribution is 2.24. The summed E-state index contributed by atoms with van der Waals surface area (Å²) in [5, 5.41) is 2.99. The molecule has 162 valence electrons. The number of para-hydroxylation sites is 1. The fourth-order valence-electron chi connectivity index (χ4n) is 3.45. The Bertz CT molecular complexity index is 1070. The Morgan fingerprint density at radius 2 is 1.77 bits per heavy atom. The average molecular weight is 479 g/mol. The van der Waals surface area contributed by atoms with Gasteiger partial charge in [0, 0.05) is 38.3 Å². The molecule has 1 aromatic heterocycles. The minimum absolute atomic E-state index is 0.0244. The van der Waals surface area contributed by atoms with Crippen LogP contribution in [0.2, 0.25) is 10.0 Å². The molecule has 8 heteroatoms. The first-order valence-electron chi connectivity index (χ1n) is 9.90. The second-order valence-corrected chi connectivity index (χ2v) is 9.08. The topological polar surface area (TPSA) is 32.8 Å². The fourth-order valence-corrected chi connectivity index (χ4v) is 4.63. The Hall–Kier alpha value is -2.12. The number of rotatable bonds is 6. The van der Waals surface area contributed by atoms with E-state index in [1.807, 2.05) is 34.5 Å². The van der Waals surface area contributed by atoms with Crippen LogP contribution >= 0.6 is 34.5 Å². The van der Waals surface area contributed by atoms with Crippen molar-refractivity contribution in [2.75, 3.05) is 26.2 Å². The molecular formula is C23H21Cl2FN2O2S. The summed E-state index contributed by atoms with van der Waals surface area (Å²) in [6.07, 6.45) is 0. The van der Waals surface area contributed by atoms with Crippen LogP contribution in [-0.4, -0.2) is 41.9 Å². The van der Waals surface area contributed by atoms with Crippen LogP contribution in [0.4, 0.5) is 4.39 Å². The number of nitrogens with zero attached hydrogens (tertiary/aromatic N) is 2. The minimum Gasteiger partial charge on any atom is -0.486 e. The van der Waals surface area contributed by atoms with Crippen LogP contribution in [0.15, 0.2) is 53.9 Å². The van der Waals surface area contributed by atoms with E-state index in [0.29, 0.717) is 28.0 Å². The molecule has 0 radical (unpaired) electrons. The molecule has 4 nitrogen and oxygen atoms in total. The summed E-state index contributed by atoms with van der Waals surface area (Å²) >= 11 is 13.5. The van der Waals surface area contributed by atoms with Gasteiger partial charge >= 0.3 is 0 Å². The molecule has 1 saturated heterocycles. The van der Waals surface area contributed by atoms with Gasteiger partial charge in [-0.25, -0.2) is 4.39 Å². The predicted octanol–water partition coefficient (Wildman–Crippen LogP) is 5.73. The molecule has 0 aliphatic carbocycles. The first kappa shape index (κ1) is 22.1. The number of hydrogen-bond donors (Lipinski definition) is 0. The molecule has 2 heterocycles. The zero-order valence-corrected chi connectivity index (χ0v) is 19.0. The van der Waals surface area contributed by atoms with E-state index in [2.05, 4.69) is 4.90 Å².